The number of ether oxygens (including phenoxy) is 1. The maximum atomic E-state index is 14.3. The second-order valence-corrected chi connectivity index (χ2v) is 9.78. The van der Waals surface area contributed by atoms with Crippen molar-refractivity contribution in [2.24, 2.45) is 0 Å². The fraction of sp³-hybridized carbons (Fsp3) is 0.370. The highest BCUT2D eigenvalue weighted by atomic mass is 19.4. The van der Waals surface area contributed by atoms with Gasteiger partial charge in [0.25, 0.3) is 0 Å². The molecular weight excluding hydrogens is 460 g/mol. The molecule has 4 nitrogen and oxygen atoms in total. The zero-order valence-electron chi connectivity index (χ0n) is 19.8. The number of rotatable bonds is 7. The van der Waals surface area contributed by atoms with Crippen molar-refractivity contribution in [3.63, 3.8) is 0 Å². The number of pyridine rings is 1. The van der Waals surface area contributed by atoms with Crippen LogP contribution in [0.25, 0.3) is 11.3 Å². The van der Waals surface area contributed by atoms with Crippen LogP contribution in [0.4, 0.5) is 23.2 Å². The van der Waals surface area contributed by atoms with E-state index in [4.69, 9.17) is 4.74 Å². The second kappa shape index (κ2) is 9.15. The van der Waals surface area contributed by atoms with E-state index in [0.29, 0.717) is 12.1 Å². The van der Waals surface area contributed by atoms with E-state index in [1.807, 2.05) is 36.4 Å². The Labute approximate surface area is 202 Å². The molecule has 2 heterocycles. The maximum absolute atomic E-state index is 14.3. The minimum Gasteiger partial charge on any atom is -0.496 e. The van der Waals surface area contributed by atoms with Crippen LogP contribution in [0.2, 0.25) is 0 Å². The van der Waals surface area contributed by atoms with Crippen LogP contribution >= 0.6 is 0 Å². The number of alkyl halides is 3. The molecule has 2 unspecified atom stereocenters. The molecule has 4 rings (SSSR count). The summed E-state index contributed by atoms with van der Waals surface area (Å²) in [5.41, 5.74) is -0.825. The van der Waals surface area contributed by atoms with E-state index >= 15 is 0 Å². The summed E-state index contributed by atoms with van der Waals surface area (Å²) < 4.78 is 62.1. The lowest BCUT2D eigenvalue weighted by Gasteiger charge is -2.39. The summed E-state index contributed by atoms with van der Waals surface area (Å²) in [5.74, 6) is -0.314. The summed E-state index contributed by atoms with van der Waals surface area (Å²) in [6, 6.07) is 14.5. The van der Waals surface area contributed by atoms with Gasteiger partial charge in [-0.3, -0.25) is 4.98 Å². The number of methoxy groups -OCH3 is 1. The van der Waals surface area contributed by atoms with Gasteiger partial charge in [0.15, 0.2) is 5.60 Å². The van der Waals surface area contributed by atoms with Gasteiger partial charge in [-0.2, -0.15) is 13.2 Å². The van der Waals surface area contributed by atoms with Crippen molar-refractivity contribution in [2.45, 2.75) is 56.3 Å². The second-order valence-electron chi connectivity index (χ2n) is 9.78. The van der Waals surface area contributed by atoms with Crippen LogP contribution in [0.15, 0.2) is 60.8 Å². The summed E-state index contributed by atoms with van der Waals surface area (Å²) in [6.07, 6.45) is -4.18. The fourth-order valence-corrected chi connectivity index (χ4v) is 4.95. The highest BCUT2D eigenvalue weighted by Crippen LogP contribution is 2.47. The van der Waals surface area contributed by atoms with Crippen LogP contribution in [0.1, 0.15) is 37.8 Å². The third-order valence-corrected chi connectivity index (χ3v) is 6.62. The van der Waals surface area contributed by atoms with Gasteiger partial charge in [0.1, 0.15) is 11.6 Å². The lowest BCUT2D eigenvalue weighted by molar-refractivity contribution is -0.270. The van der Waals surface area contributed by atoms with Gasteiger partial charge in [0.05, 0.1) is 24.7 Å². The van der Waals surface area contributed by atoms with Crippen molar-refractivity contribution in [3.8, 4) is 17.0 Å². The Morgan fingerprint density at radius 1 is 1.09 bits per heavy atom. The van der Waals surface area contributed by atoms with Crippen LogP contribution < -0.4 is 10.1 Å². The summed E-state index contributed by atoms with van der Waals surface area (Å²) in [7, 11) is 1.38. The van der Waals surface area contributed by atoms with Gasteiger partial charge in [-0.25, -0.2) is 4.39 Å². The summed E-state index contributed by atoms with van der Waals surface area (Å²) in [4.78, 5) is 4.43. The predicted molar refractivity (Wildman–Crippen MR) is 127 cm³/mol. The van der Waals surface area contributed by atoms with Gasteiger partial charge in [-0.05, 0) is 48.1 Å². The van der Waals surface area contributed by atoms with Crippen LogP contribution in [-0.2, 0) is 11.8 Å². The quantitative estimate of drug-likeness (QED) is 0.384. The first kappa shape index (κ1) is 25.0. The molecule has 186 valence electrons. The smallest absolute Gasteiger partial charge is 0.417 e. The Balaban J connectivity index is 1.58. The zero-order valence-corrected chi connectivity index (χ0v) is 19.8. The molecule has 2 atom stereocenters. The average molecular weight is 489 g/mol. The molecule has 1 aliphatic heterocycles. The van der Waals surface area contributed by atoms with E-state index in [1.165, 1.54) is 19.2 Å². The van der Waals surface area contributed by atoms with Crippen molar-refractivity contribution >= 4 is 5.69 Å². The number of aliphatic hydroxyl groups is 1. The SMILES string of the molecule is COc1ccc(F)cc1C(C)(C)CC(O)(CC1Cc2cc(-c3ccccc3)ncc2N1)C(F)(F)F. The molecule has 35 heavy (non-hydrogen) atoms. The topological polar surface area (TPSA) is 54.4 Å². The number of hydrogen-bond donors (Lipinski definition) is 2. The first-order valence-electron chi connectivity index (χ1n) is 11.4. The number of nitrogens with one attached hydrogen (secondary N) is 1. The highest BCUT2D eigenvalue weighted by molar-refractivity contribution is 5.66. The summed E-state index contributed by atoms with van der Waals surface area (Å²) in [6.45, 7) is 3.10. The fourth-order valence-electron chi connectivity index (χ4n) is 4.95. The van der Waals surface area contributed by atoms with Crippen LogP contribution in [0.5, 0.6) is 5.75 Å². The van der Waals surface area contributed by atoms with E-state index in [1.54, 1.807) is 20.0 Å². The first-order chi connectivity index (χ1) is 16.4. The molecule has 0 aliphatic carbocycles. The minimum absolute atomic E-state index is 0.266. The first-order valence-corrected chi connectivity index (χ1v) is 11.4. The van der Waals surface area contributed by atoms with E-state index in [-0.39, 0.29) is 11.3 Å². The normalized spacial score (nSPS) is 17.4. The third kappa shape index (κ3) is 5.12. The van der Waals surface area contributed by atoms with Crippen molar-refractivity contribution < 1.29 is 27.4 Å². The highest BCUT2D eigenvalue weighted by Gasteiger charge is 2.57. The number of hydrogen-bond acceptors (Lipinski definition) is 4. The molecule has 1 aliphatic rings. The molecule has 1 aromatic heterocycles. The van der Waals surface area contributed by atoms with Crippen LogP contribution in [0.3, 0.4) is 0 Å². The van der Waals surface area contributed by atoms with E-state index < -0.39 is 41.9 Å². The van der Waals surface area contributed by atoms with Gasteiger partial charge in [-0.1, -0.05) is 44.2 Å². The zero-order chi connectivity index (χ0) is 25.4. The van der Waals surface area contributed by atoms with Crippen molar-refractivity contribution in [3.05, 3.63) is 77.7 Å². The molecule has 2 N–H and O–H groups in total. The van der Waals surface area contributed by atoms with E-state index in [9.17, 15) is 22.7 Å². The lowest BCUT2D eigenvalue weighted by atomic mass is 9.72. The standard InChI is InChI=1S/C27H28F4N2O2/c1-25(2,21-13-19(28)9-10-24(21)35-3)16-26(34,27(29,30)31)14-20-11-18-12-22(32-15-23(18)33-20)17-7-5-4-6-8-17/h4-10,12-13,15,20,33-34H,11,14,16H2,1-3H3. The number of benzene rings is 2. The van der Waals surface area contributed by atoms with Crippen LogP contribution in [0, 0.1) is 5.82 Å². The van der Waals surface area contributed by atoms with Gasteiger partial charge < -0.3 is 15.2 Å². The largest absolute Gasteiger partial charge is 0.496 e. The lowest BCUT2D eigenvalue weighted by Crippen LogP contribution is -2.51. The van der Waals surface area contributed by atoms with E-state index in [2.05, 4.69) is 10.3 Å². The molecule has 0 amide bonds. The Bertz CT molecular complexity index is 1200. The van der Waals surface area contributed by atoms with Crippen LogP contribution in [-0.4, -0.2) is 35.0 Å². The molecule has 0 spiro atoms. The number of halogens is 4. The van der Waals surface area contributed by atoms with Gasteiger partial charge >= 0.3 is 6.18 Å². The summed E-state index contributed by atoms with van der Waals surface area (Å²) >= 11 is 0. The number of fused-ring (bicyclic) bond motifs is 1. The molecule has 0 saturated heterocycles. The van der Waals surface area contributed by atoms with Gasteiger partial charge in [0, 0.05) is 23.6 Å². The average Bonchev–Trinajstić information content (AvgIpc) is 3.19. The van der Waals surface area contributed by atoms with Crippen molar-refractivity contribution in [1.82, 2.24) is 4.98 Å². The summed E-state index contributed by atoms with van der Waals surface area (Å²) in [5, 5.41) is 14.1. The molecular formula is C27H28F4N2O2. The van der Waals surface area contributed by atoms with Crippen molar-refractivity contribution in [2.75, 3.05) is 12.4 Å². The van der Waals surface area contributed by atoms with Gasteiger partial charge in [-0.15, -0.1) is 0 Å². The monoisotopic (exact) mass is 488 g/mol. The maximum Gasteiger partial charge on any atom is 0.417 e. The van der Waals surface area contributed by atoms with E-state index in [0.717, 1.165) is 22.9 Å². The molecule has 8 heteroatoms. The molecule has 2 aromatic carbocycles. The third-order valence-electron chi connectivity index (χ3n) is 6.62. The van der Waals surface area contributed by atoms with Gasteiger partial charge in [0.2, 0.25) is 0 Å². The molecule has 0 saturated carbocycles. The molecule has 0 radical (unpaired) electrons. The molecule has 0 bridgehead atoms. The minimum atomic E-state index is -4.89. The Morgan fingerprint density at radius 3 is 2.46 bits per heavy atom. The molecule has 3 aromatic rings. The number of aromatic nitrogens is 1. The number of nitrogens with zero attached hydrogens (tertiary/aromatic N) is 1. The number of anilines is 1. The Morgan fingerprint density at radius 2 is 1.80 bits per heavy atom. The van der Waals surface area contributed by atoms with Crippen molar-refractivity contribution in [1.29, 1.82) is 0 Å². The Kier molecular flexibility index (Phi) is 6.53. The predicted octanol–water partition coefficient (Wildman–Crippen LogP) is 6.28. The Hall–Kier alpha value is -3.13. The molecule has 0 fully saturated rings.